The van der Waals surface area contributed by atoms with E-state index in [1.807, 2.05) is 24.9 Å². The maximum absolute atomic E-state index is 12.6. The van der Waals surface area contributed by atoms with Crippen LogP contribution in [0.2, 0.25) is 0 Å². The molecular formula is C16H20N4O2. The van der Waals surface area contributed by atoms with E-state index < -0.39 is 0 Å². The smallest absolute Gasteiger partial charge is 0.257 e. The quantitative estimate of drug-likeness (QED) is 0.938. The Balaban J connectivity index is 1.81. The van der Waals surface area contributed by atoms with Gasteiger partial charge in [-0.05, 0) is 38.3 Å². The number of pyridine rings is 1. The highest BCUT2D eigenvalue weighted by Crippen LogP contribution is 2.29. The van der Waals surface area contributed by atoms with E-state index >= 15 is 0 Å². The van der Waals surface area contributed by atoms with Crippen LogP contribution >= 0.6 is 0 Å². The summed E-state index contributed by atoms with van der Waals surface area (Å²) in [5, 5.41) is 7.40. The molecule has 0 fully saturated rings. The lowest BCUT2D eigenvalue weighted by Crippen LogP contribution is -2.31. The minimum atomic E-state index is -0.154. The van der Waals surface area contributed by atoms with Gasteiger partial charge in [-0.25, -0.2) is 4.98 Å². The third-order valence-electron chi connectivity index (χ3n) is 3.98. The molecule has 0 aliphatic heterocycles. The summed E-state index contributed by atoms with van der Waals surface area (Å²) in [6.45, 7) is 2.35. The molecule has 3 rings (SSSR count). The molecule has 2 aromatic rings. The Morgan fingerprint density at radius 1 is 1.55 bits per heavy atom. The summed E-state index contributed by atoms with van der Waals surface area (Å²) in [6.07, 6.45) is 6.46. The maximum atomic E-state index is 12.6. The van der Waals surface area contributed by atoms with E-state index in [4.69, 9.17) is 4.74 Å². The molecule has 1 N–H and O–H groups in total. The first-order valence-electron chi connectivity index (χ1n) is 7.60. The number of nitrogens with one attached hydrogen (secondary N) is 1. The van der Waals surface area contributed by atoms with Crippen LogP contribution in [0, 0.1) is 0 Å². The third-order valence-corrected chi connectivity index (χ3v) is 3.98. The molecule has 6 heteroatoms. The van der Waals surface area contributed by atoms with Gasteiger partial charge in [0.05, 0.1) is 18.8 Å². The van der Waals surface area contributed by atoms with Crippen molar-refractivity contribution < 1.29 is 9.53 Å². The van der Waals surface area contributed by atoms with E-state index in [0.29, 0.717) is 18.1 Å². The summed E-state index contributed by atoms with van der Waals surface area (Å²) in [4.78, 5) is 16.7. The number of amides is 1. The fraction of sp³-hybridized carbons (Fsp3) is 0.438. The molecule has 1 atom stereocenters. The lowest BCUT2D eigenvalue weighted by atomic mass is 9.93. The van der Waals surface area contributed by atoms with Crippen molar-refractivity contribution in [3.8, 4) is 5.88 Å². The number of nitrogens with zero attached hydrogens (tertiary/aromatic N) is 3. The number of hydrogen-bond acceptors (Lipinski definition) is 4. The average molecular weight is 300 g/mol. The summed E-state index contributed by atoms with van der Waals surface area (Å²) in [5.74, 6) is 0.225. The number of aryl methyl sites for hydroxylation is 1. The van der Waals surface area contributed by atoms with Crippen molar-refractivity contribution in [2.24, 2.45) is 7.05 Å². The Bertz CT molecular complexity index is 681. The zero-order valence-corrected chi connectivity index (χ0v) is 12.9. The van der Waals surface area contributed by atoms with E-state index in [1.165, 1.54) is 5.69 Å². The molecule has 1 aliphatic rings. The molecule has 1 unspecified atom stereocenters. The Morgan fingerprint density at radius 3 is 3.23 bits per heavy atom. The minimum Gasteiger partial charge on any atom is -0.477 e. The van der Waals surface area contributed by atoms with Crippen LogP contribution in [0.1, 0.15) is 47.4 Å². The van der Waals surface area contributed by atoms with E-state index in [2.05, 4.69) is 15.4 Å². The normalized spacial score (nSPS) is 16.9. The molecule has 0 aromatic carbocycles. The van der Waals surface area contributed by atoms with Crippen LogP contribution in [0.3, 0.4) is 0 Å². The Labute approximate surface area is 129 Å². The molecule has 116 valence electrons. The standard InChI is InChI=1S/C16H20N4O2/c1-3-22-16-11(6-5-9-17-16)15(21)19-13-7-4-8-14-12(13)10-18-20(14)2/h5-6,9-10,13H,3-4,7-8H2,1-2H3,(H,19,21). The summed E-state index contributed by atoms with van der Waals surface area (Å²) in [7, 11) is 1.94. The van der Waals surface area contributed by atoms with Crippen LogP contribution in [-0.2, 0) is 13.5 Å². The number of ether oxygens (including phenoxy) is 1. The van der Waals surface area contributed by atoms with E-state index in [0.717, 1.165) is 24.8 Å². The van der Waals surface area contributed by atoms with E-state index in [9.17, 15) is 4.79 Å². The number of hydrogen-bond donors (Lipinski definition) is 1. The zero-order valence-electron chi connectivity index (χ0n) is 12.9. The molecule has 22 heavy (non-hydrogen) atoms. The van der Waals surface area contributed by atoms with Crippen molar-refractivity contribution in [3.63, 3.8) is 0 Å². The molecule has 0 radical (unpaired) electrons. The van der Waals surface area contributed by atoms with Crippen LogP contribution in [-0.4, -0.2) is 27.3 Å². The first-order valence-corrected chi connectivity index (χ1v) is 7.60. The highest BCUT2D eigenvalue weighted by molar-refractivity contribution is 5.96. The first kappa shape index (κ1) is 14.6. The van der Waals surface area contributed by atoms with Gasteiger partial charge in [-0.3, -0.25) is 9.48 Å². The van der Waals surface area contributed by atoms with Crippen molar-refractivity contribution in [2.75, 3.05) is 6.61 Å². The molecule has 0 spiro atoms. The SMILES string of the molecule is CCOc1ncccc1C(=O)NC1CCCc2c1cnn2C. The van der Waals surface area contributed by atoms with Gasteiger partial charge in [0.1, 0.15) is 5.56 Å². The fourth-order valence-corrected chi connectivity index (χ4v) is 2.91. The average Bonchev–Trinajstić information content (AvgIpc) is 2.91. The van der Waals surface area contributed by atoms with Crippen molar-refractivity contribution >= 4 is 5.91 Å². The molecule has 2 aromatic heterocycles. The van der Waals surface area contributed by atoms with Gasteiger partial charge in [-0.1, -0.05) is 0 Å². The summed E-state index contributed by atoms with van der Waals surface area (Å²) in [6, 6.07) is 3.48. The molecule has 1 aliphatic carbocycles. The highest BCUT2D eigenvalue weighted by Gasteiger charge is 2.26. The molecular weight excluding hydrogens is 280 g/mol. The third kappa shape index (κ3) is 2.68. The largest absolute Gasteiger partial charge is 0.477 e. The van der Waals surface area contributed by atoms with Crippen LogP contribution in [0.15, 0.2) is 24.5 Å². The predicted octanol–water partition coefficient (Wildman–Crippen LogP) is 2.02. The monoisotopic (exact) mass is 300 g/mol. The Morgan fingerprint density at radius 2 is 2.41 bits per heavy atom. The van der Waals surface area contributed by atoms with Crippen molar-refractivity contribution in [1.29, 1.82) is 0 Å². The number of carbonyl (C=O) groups excluding carboxylic acids is 1. The summed E-state index contributed by atoms with van der Waals surface area (Å²) in [5.41, 5.74) is 2.79. The van der Waals surface area contributed by atoms with Crippen LogP contribution in [0.25, 0.3) is 0 Å². The number of aromatic nitrogens is 3. The van der Waals surface area contributed by atoms with Gasteiger partial charge in [0.15, 0.2) is 0 Å². The maximum Gasteiger partial charge on any atom is 0.257 e. The highest BCUT2D eigenvalue weighted by atomic mass is 16.5. The van der Waals surface area contributed by atoms with E-state index in [-0.39, 0.29) is 11.9 Å². The Hall–Kier alpha value is -2.37. The molecule has 1 amide bonds. The minimum absolute atomic E-state index is 0.000340. The van der Waals surface area contributed by atoms with Gasteiger partial charge in [-0.15, -0.1) is 0 Å². The summed E-state index contributed by atoms with van der Waals surface area (Å²) < 4.78 is 7.32. The van der Waals surface area contributed by atoms with Crippen LogP contribution < -0.4 is 10.1 Å². The van der Waals surface area contributed by atoms with E-state index in [1.54, 1.807) is 18.3 Å². The number of fused-ring (bicyclic) bond motifs is 1. The second-order valence-electron chi connectivity index (χ2n) is 5.38. The van der Waals surface area contributed by atoms with Gasteiger partial charge in [0.2, 0.25) is 5.88 Å². The van der Waals surface area contributed by atoms with Crippen molar-refractivity contribution in [2.45, 2.75) is 32.2 Å². The number of carbonyl (C=O) groups is 1. The lowest BCUT2D eigenvalue weighted by Gasteiger charge is -2.24. The molecule has 0 bridgehead atoms. The molecule has 0 saturated heterocycles. The van der Waals surface area contributed by atoms with Gasteiger partial charge in [0, 0.05) is 24.5 Å². The van der Waals surface area contributed by atoms with Gasteiger partial charge in [-0.2, -0.15) is 5.10 Å². The fourth-order valence-electron chi connectivity index (χ4n) is 2.91. The lowest BCUT2D eigenvalue weighted by molar-refractivity contribution is 0.0928. The second kappa shape index (κ2) is 6.17. The van der Waals surface area contributed by atoms with Crippen molar-refractivity contribution in [3.05, 3.63) is 41.3 Å². The predicted molar refractivity (Wildman–Crippen MR) is 81.8 cm³/mol. The first-order chi connectivity index (χ1) is 10.7. The molecule has 0 saturated carbocycles. The van der Waals surface area contributed by atoms with Crippen LogP contribution in [0.4, 0.5) is 0 Å². The van der Waals surface area contributed by atoms with Crippen molar-refractivity contribution in [1.82, 2.24) is 20.1 Å². The number of rotatable bonds is 4. The van der Waals surface area contributed by atoms with Gasteiger partial charge < -0.3 is 10.1 Å². The Kier molecular flexibility index (Phi) is 4.09. The zero-order chi connectivity index (χ0) is 15.5. The summed E-state index contributed by atoms with van der Waals surface area (Å²) >= 11 is 0. The van der Waals surface area contributed by atoms with Gasteiger partial charge in [0.25, 0.3) is 5.91 Å². The topological polar surface area (TPSA) is 69.0 Å². The molecule has 6 nitrogen and oxygen atoms in total. The van der Waals surface area contributed by atoms with Crippen LogP contribution in [0.5, 0.6) is 5.88 Å². The molecule has 2 heterocycles. The van der Waals surface area contributed by atoms with Gasteiger partial charge >= 0.3 is 0 Å². The second-order valence-corrected chi connectivity index (χ2v) is 5.38.